The van der Waals surface area contributed by atoms with E-state index in [4.69, 9.17) is 0 Å². The molecular formula is C16H17N5O. The molecule has 1 N–H and O–H groups in total. The summed E-state index contributed by atoms with van der Waals surface area (Å²) in [5.74, 6) is -0.0782. The summed E-state index contributed by atoms with van der Waals surface area (Å²) in [4.78, 5) is 25.0. The predicted octanol–water partition coefficient (Wildman–Crippen LogP) is 2.01. The first kappa shape index (κ1) is 14.2. The molecule has 3 aromatic rings. The first-order valence-corrected chi connectivity index (χ1v) is 7.12. The fourth-order valence-corrected chi connectivity index (χ4v) is 2.25. The van der Waals surface area contributed by atoms with Crippen molar-refractivity contribution >= 4 is 16.9 Å². The number of carbonyl (C=O) groups is 1. The number of carbonyl (C=O) groups excluding carboxylic acids is 1. The van der Waals surface area contributed by atoms with Crippen molar-refractivity contribution < 1.29 is 4.79 Å². The number of amides is 1. The zero-order valence-electron chi connectivity index (χ0n) is 12.5. The second-order valence-electron chi connectivity index (χ2n) is 5.18. The lowest BCUT2D eigenvalue weighted by Crippen LogP contribution is -2.30. The van der Waals surface area contributed by atoms with Crippen LogP contribution in [-0.4, -0.2) is 25.4 Å². The fraction of sp³-hybridized carbons (Fsp3) is 0.250. The molecule has 0 aliphatic carbocycles. The highest BCUT2D eigenvalue weighted by Gasteiger charge is 2.16. The minimum atomic E-state index is -0.342. The standard InChI is InChI=1S/C16H17N5O/c1-11-7-18-13(8-17-11)9-19-16(22)12(2)21-10-20-14-5-3-4-6-15(14)21/h3-8,10,12H,9H2,1-2H3,(H,19,22)/t12-/m1/s1. The van der Waals surface area contributed by atoms with Crippen molar-refractivity contribution in [2.75, 3.05) is 0 Å². The molecule has 1 atom stereocenters. The van der Waals surface area contributed by atoms with E-state index < -0.39 is 0 Å². The van der Waals surface area contributed by atoms with Gasteiger partial charge in [0.25, 0.3) is 0 Å². The van der Waals surface area contributed by atoms with Crippen LogP contribution in [0.5, 0.6) is 0 Å². The van der Waals surface area contributed by atoms with E-state index in [0.717, 1.165) is 22.4 Å². The third-order valence-corrected chi connectivity index (χ3v) is 3.56. The van der Waals surface area contributed by atoms with Gasteiger partial charge in [0.05, 0.1) is 41.5 Å². The zero-order valence-corrected chi connectivity index (χ0v) is 12.5. The lowest BCUT2D eigenvalue weighted by molar-refractivity contribution is -0.123. The zero-order chi connectivity index (χ0) is 15.5. The van der Waals surface area contributed by atoms with Crippen LogP contribution in [0.2, 0.25) is 0 Å². The molecule has 6 nitrogen and oxygen atoms in total. The van der Waals surface area contributed by atoms with Crippen molar-refractivity contribution in [3.8, 4) is 0 Å². The maximum Gasteiger partial charge on any atom is 0.243 e. The number of nitrogens with one attached hydrogen (secondary N) is 1. The smallest absolute Gasteiger partial charge is 0.243 e. The van der Waals surface area contributed by atoms with Crippen LogP contribution in [0.25, 0.3) is 11.0 Å². The van der Waals surface area contributed by atoms with Crippen LogP contribution in [0, 0.1) is 6.92 Å². The lowest BCUT2D eigenvalue weighted by Gasteiger charge is -2.14. The molecule has 0 saturated heterocycles. The number of nitrogens with zero attached hydrogens (tertiary/aromatic N) is 4. The van der Waals surface area contributed by atoms with Gasteiger partial charge in [-0.15, -0.1) is 0 Å². The highest BCUT2D eigenvalue weighted by Crippen LogP contribution is 2.17. The number of para-hydroxylation sites is 2. The van der Waals surface area contributed by atoms with Crippen molar-refractivity contribution in [1.82, 2.24) is 24.8 Å². The molecule has 0 spiro atoms. The summed E-state index contributed by atoms with van der Waals surface area (Å²) in [6.45, 7) is 4.09. The highest BCUT2D eigenvalue weighted by atomic mass is 16.2. The summed E-state index contributed by atoms with van der Waals surface area (Å²) in [6, 6.07) is 7.41. The fourth-order valence-electron chi connectivity index (χ4n) is 2.25. The maximum atomic E-state index is 12.3. The Balaban J connectivity index is 1.70. The quantitative estimate of drug-likeness (QED) is 0.799. The summed E-state index contributed by atoms with van der Waals surface area (Å²) >= 11 is 0. The van der Waals surface area contributed by atoms with Crippen LogP contribution in [0.15, 0.2) is 43.0 Å². The van der Waals surface area contributed by atoms with Crippen LogP contribution in [0.4, 0.5) is 0 Å². The van der Waals surface area contributed by atoms with E-state index in [-0.39, 0.29) is 11.9 Å². The third kappa shape index (κ3) is 2.81. The topological polar surface area (TPSA) is 72.7 Å². The SMILES string of the molecule is Cc1cnc(CNC(=O)[C@@H](C)n2cnc3ccccc32)cn1. The molecule has 0 saturated carbocycles. The van der Waals surface area contributed by atoms with Gasteiger partial charge in [-0.3, -0.25) is 14.8 Å². The minimum Gasteiger partial charge on any atom is -0.349 e. The number of benzene rings is 1. The van der Waals surface area contributed by atoms with Crippen molar-refractivity contribution in [2.24, 2.45) is 0 Å². The van der Waals surface area contributed by atoms with Gasteiger partial charge in [-0.1, -0.05) is 12.1 Å². The number of hydrogen-bond donors (Lipinski definition) is 1. The normalized spacial score (nSPS) is 12.3. The summed E-state index contributed by atoms with van der Waals surface area (Å²) < 4.78 is 1.87. The molecule has 1 amide bonds. The van der Waals surface area contributed by atoms with E-state index >= 15 is 0 Å². The molecule has 22 heavy (non-hydrogen) atoms. The first-order valence-electron chi connectivity index (χ1n) is 7.12. The molecule has 112 valence electrons. The number of rotatable bonds is 4. The Labute approximate surface area is 128 Å². The largest absolute Gasteiger partial charge is 0.349 e. The van der Waals surface area contributed by atoms with Crippen molar-refractivity contribution in [3.63, 3.8) is 0 Å². The third-order valence-electron chi connectivity index (χ3n) is 3.56. The molecule has 0 radical (unpaired) electrons. The van der Waals surface area contributed by atoms with Crippen molar-refractivity contribution in [1.29, 1.82) is 0 Å². The van der Waals surface area contributed by atoms with Crippen molar-refractivity contribution in [2.45, 2.75) is 26.4 Å². The molecule has 0 fully saturated rings. The molecule has 1 aromatic carbocycles. The van der Waals surface area contributed by atoms with Crippen LogP contribution < -0.4 is 5.32 Å². The number of aromatic nitrogens is 4. The van der Waals surface area contributed by atoms with Crippen molar-refractivity contribution in [3.05, 3.63) is 54.4 Å². The Morgan fingerprint density at radius 2 is 2.05 bits per heavy atom. The molecule has 2 heterocycles. The van der Waals surface area contributed by atoms with Gasteiger partial charge < -0.3 is 9.88 Å². The molecule has 3 rings (SSSR count). The minimum absolute atomic E-state index is 0.0782. The summed E-state index contributed by atoms with van der Waals surface area (Å²) in [5, 5.41) is 2.88. The molecule has 0 bridgehead atoms. The summed E-state index contributed by atoms with van der Waals surface area (Å²) in [5.41, 5.74) is 3.42. The van der Waals surface area contributed by atoms with Crippen LogP contribution in [0.3, 0.4) is 0 Å². The summed E-state index contributed by atoms with van der Waals surface area (Å²) in [6.07, 6.45) is 5.06. The van der Waals surface area contributed by atoms with Gasteiger partial charge >= 0.3 is 0 Å². The Bertz CT molecular complexity index is 794. The number of imidazole rings is 1. The van der Waals surface area contributed by atoms with Gasteiger partial charge in [-0.25, -0.2) is 4.98 Å². The van der Waals surface area contributed by atoms with Gasteiger partial charge in [-0.2, -0.15) is 0 Å². The van der Waals surface area contributed by atoms with Gasteiger partial charge in [0.15, 0.2) is 0 Å². The van der Waals surface area contributed by atoms with Crippen LogP contribution in [-0.2, 0) is 11.3 Å². The van der Waals surface area contributed by atoms with E-state index in [1.807, 2.05) is 42.7 Å². The Kier molecular flexibility index (Phi) is 3.82. The van der Waals surface area contributed by atoms with Gasteiger partial charge in [-0.05, 0) is 26.0 Å². The van der Waals surface area contributed by atoms with E-state index in [1.165, 1.54) is 0 Å². The Hall–Kier alpha value is -2.76. The Morgan fingerprint density at radius 1 is 1.23 bits per heavy atom. The Morgan fingerprint density at radius 3 is 2.82 bits per heavy atom. The molecule has 2 aromatic heterocycles. The molecule has 6 heteroatoms. The van der Waals surface area contributed by atoms with Crippen LogP contribution >= 0.6 is 0 Å². The summed E-state index contributed by atoms with van der Waals surface area (Å²) in [7, 11) is 0. The molecule has 0 aliphatic rings. The van der Waals surface area contributed by atoms with Gasteiger partial charge in [0, 0.05) is 6.20 Å². The molecular weight excluding hydrogens is 278 g/mol. The van der Waals surface area contributed by atoms with E-state index in [9.17, 15) is 4.79 Å². The van der Waals surface area contributed by atoms with E-state index in [2.05, 4.69) is 20.3 Å². The molecule has 0 aliphatic heterocycles. The van der Waals surface area contributed by atoms with Gasteiger partial charge in [0.2, 0.25) is 5.91 Å². The highest BCUT2D eigenvalue weighted by molar-refractivity contribution is 5.83. The van der Waals surface area contributed by atoms with Crippen LogP contribution in [0.1, 0.15) is 24.4 Å². The second-order valence-corrected chi connectivity index (χ2v) is 5.18. The number of hydrogen-bond acceptors (Lipinski definition) is 4. The average molecular weight is 295 g/mol. The number of aryl methyl sites for hydroxylation is 1. The average Bonchev–Trinajstić information content (AvgIpc) is 2.97. The van der Waals surface area contributed by atoms with E-state index in [1.54, 1.807) is 18.7 Å². The monoisotopic (exact) mass is 295 g/mol. The van der Waals surface area contributed by atoms with E-state index in [0.29, 0.717) is 6.54 Å². The maximum absolute atomic E-state index is 12.3. The first-order chi connectivity index (χ1) is 10.6. The predicted molar refractivity (Wildman–Crippen MR) is 83.1 cm³/mol. The van der Waals surface area contributed by atoms with Gasteiger partial charge in [0.1, 0.15) is 6.04 Å². The lowest BCUT2D eigenvalue weighted by atomic mass is 10.2. The number of fused-ring (bicyclic) bond motifs is 1. The second kappa shape index (κ2) is 5.93. The molecule has 0 unspecified atom stereocenters.